The van der Waals surface area contributed by atoms with Crippen molar-refractivity contribution in [3.63, 3.8) is 0 Å². The van der Waals surface area contributed by atoms with Crippen LogP contribution >= 0.6 is 0 Å². The second kappa shape index (κ2) is 5.69. The topological polar surface area (TPSA) is 88.5 Å². The lowest BCUT2D eigenvalue weighted by Gasteiger charge is -2.10. The zero-order chi connectivity index (χ0) is 13.8. The molecule has 2 unspecified atom stereocenters. The summed E-state index contributed by atoms with van der Waals surface area (Å²) >= 11 is 0. The molecule has 1 aliphatic carbocycles. The quantitative estimate of drug-likeness (QED) is 0.861. The average Bonchev–Trinajstić information content (AvgIpc) is 2.89. The van der Waals surface area contributed by atoms with Gasteiger partial charge in [-0.3, -0.25) is 9.59 Å². The first-order chi connectivity index (χ1) is 9.10. The number of carboxylic acid groups (broad SMARTS) is 1. The Kier molecular flexibility index (Phi) is 3.99. The zero-order valence-electron chi connectivity index (χ0n) is 10.6. The van der Waals surface area contributed by atoms with Crippen molar-refractivity contribution < 1.29 is 19.4 Å². The molecular formula is C13H16N2O4. The number of carbonyl (C=O) groups is 2. The highest BCUT2D eigenvalue weighted by molar-refractivity contribution is 5.93. The largest absolute Gasteiger partial charge is 0.481 e. The van der Waals surface area contributed by atoms with E-state index >= 15 is 0 Å². The Bertz CT molecular complexity index is 472. The van der Waals surface area contributed by atoms with Crippen LogP contribution in [0.2, 0.25) is 0 Å². The van der Waals surface area contributed by atoms with Crippen LogP contribution in [0.3, 0.4) is 0 Å². The van der Waals surface area contributed by atoms with Gasteiger partial charge in [0.1, 0.15) is 0 Å². The van der Waals surface area contributed by atoms with Crippen LogP contribution in [-0.2, 0) is 9.59 Å². The number of carboxylic acids is 1. The number of anilines is 1. The second-order valence-electron chi connectivity index (χ2n) is 4.62. The molecule has 6 heteroatoms. The van der Waals surface area contributed by atoms with Gasteiger partial charge in [0.05, 0.1) is 24.9 Å². The van der Waals surface area contributed by atoms with Gasteiger partial charge in [0, 0.05) is 12.0 Å². The van der Waals surface area contributed by atoms with E-state index in [0.29, 0.717) is 30.8 Å². The third-order valence-electron chi connectivity index (χ3n) is 3.37. The molecule has 0 bridgehead atoms. The van der Waals surface area contributed by atoms with Crippen LogP contribution in [0.25, 0.3) is 0 Å². The minimum Gasteiger partial charge on any atom is -0.481 e. The van der Waals surface area contributed by atoms with Gasteiger partial charge >= 0.3 is 5.97 Å². The molecule has 1 aliphatic rings. The Labute approximate surface area is 110 Å². The average molecular weight is 264 g/mol. The molecule has 0 spiro atoms. The van der Waals surface area contributed by atoms with E-state index in [1.165, 1.54) is 13.3 Å². The highest BCUT2D eigenvalue weighted by Crippen LogP contribution is 2.31. The first-order valence-electron chi connectivity index (χ1n) is 6.14. The number of pyridine rings is 1. The van der Waals surface area contributed by atoms with Gasteiger partial charge < -0.3 is 15.2 Å². The normalized spacial score (nSPS) is 21.9. The number of rotatable bonds is 4. The van der Waals surface area contributed by atoms with Gasteiger partial charge in [-0.05, 0) is 25.3 Å². The van der Waals surface area contributed by atoms with E-state index in [9.17, 15) is 9.59 Å². The molecule has 1 fully saturated rings. The van der Waals surface area contributed by atoms with Gasteiger partial charge in [-0.2, -0.15) is 0 Å². The molecule has 1 aromatic rings. The second-order valence-corrected chi connectivity index (χ2v) is 4.62. The summed E-state index contributed by atoms with van der Waals surface area (Å²) in [5.74, 6) is -1.12. The van der Waals surface area contributed by atoms with Crippen LogP contribution in [0.5, 0.6) is 5.88 Å². The fraction of sp³-hybridized carbons (Fsp3) is 0.462. The van der Waals surface area contributed by atoms with Gasteiger partial charge in [0.15, 0.2) is 0 Å². The number of hydrogen-bond acceptors (Lipinski definition) is 4. The Morgan fingerprint density at radius 1 is 1.37 bits per heavy atom. The number of aliphatic carboxylic acids is 1. The smallest absolute Gasteiger partial charge is 0.306 e. The van der Waals surface area contributed by atoms with Crippen molar-refractivity contribution in [2.75, 3.05) is 12.4 Å². The summed E-state index contributed by atoms with van der Waals surface area (Å²) < 4.78 is 4.93. The Balaban J connectivity index is 1.92. The summed E-state index contributed by atoms with van der Waals surface area (Å²) in [6.45, 7) is 0. The highest BCUT2D eigenvalue weighted by atomic mass is 16.5. The molecule has 1 amide bonds. The first-order valence-corrected chi connectivity index (χ1v) is 6.14. The van der Waals surface area contributed by atoms with E-state index in [2.05, 4.69) is 10.3 Å². The van der Waals surface area contributed by atoms with Crippen molar-refractivity contribution in [3.05, 3.63) is 18.3 Å². The van der Waals surface area contributed by atoms with Crippen LogP contribution in [0, 0.1) is 11.8 Å². The standard InChI is InChI=1S/C13H16N2O4/c1-19-11-5-4-10(7-14-11)15-12(16)8-2-3-9(6-8)13(17)18/h4-5,7-9H,2-3,6H2,1H3,(H,15,16)(H,17,18). The van der Waals surface area contributed by atoms with Crippen LogP contribution < -0.4 is 10.1 Å². The summed E-state index contributed by atoms with van der Waals surface area (Å²) in [6.07, 6.45) is 3.10. The molecule has 2 N–H and O–H groups in total. The number of aromatic nitrogens is 1. The van der Waals surface area contributed by atoms with Crippen molar-refractivity contribution in [2.24, 2.45) is 11.8 Å². The number of carbonyl (C=O) groups excluding carboxylic acids is 1. The van der Waals surface area contributed by atoms with Crippen molar-refractivity contribution in [1.82, 2.24) is 4.98 Å². The van der Waals surface area contributed by atoms with Crippen LogP contribution in [0.1, 0.15) is 19.3 Å². The maximum atomic E-state index is 12.0. The first kappa shape index (κ1) is 13.3. The number of amides is 1. The number of nitrogens with one attached hydrogen (secondary N) is 1. The highest BCUT2D eigenvalue weighted by Gasteiger charge is 2.33. The SMILES string of the molecule is COc1ccc(NC(=O)C2CCC(C(=O)O)C2)cn1. The maximum absolute atomic E-state index is 12.0. The fourth-order valence-electron chi connectivity index (χ4n) is 2.26. The van der Waals surface area contributed by atoms with Crippen LogP contribution in [0.15, 0.2) is 18.3 Å². The molecule has 0 aromatic carbocycles. The molecule has 0 aliphatic heterocycles. The van der Waals surface area contributed by atoms with Gasteiger partial charge in [-0.15, -0.1) is 0 Å². The van der Waals surface area contributed by atoms with E-state index in [-0.39, 0.29) is 11.8 Å². The molecule has 6 nitrogen and oxygen atoms in total. The summed E-state index contributed by atoms with van der Waals surface area (Å²) in [4.78, 5) is 26.8. The van der Waals surface area contributed by atoms with Crippen molar-refractivity contribution in [1.29, 1.82) is 0 Å². The van der Waals surface area contributed by atoms with Gasteiger partial charge in [0.2, 0.25) is 11.8 Å². The van der Waals surface area contributed by atoms with E-state index in [1.54, 1.807) is 12.1 Å². The van der Waals surface area contributed by atoms with E-state index in [4.69, 9.17) is 9.84 Å². The summed E-state index contributed by atoms with van der Waals surface area (Å²) in [6, 6.07) is 3.36. The Morgan fingerprint density at radius 3 is 2.63 bits per heavy atom. The molecular weight excluding hydrogens is 248 g/mol. The van der Waals surface area contributed by atoms with Gasteiger partial charge in [0.25, 0.3) is 0 Å². The molecule has 1 saturated carbocycles. The van der Waals surface area contributed by atoms with E-state index in [0.717, 1.165) is 0 Å². The minimum atomic E-state index is -0.818. The fourth-order valence-corrected chi connectivity index (χ4v) is 2.26. The molecule has 2 atom stereocenters. The minimum absolute atomic E-state index is 0.143. The van der Waals surface area contributed by atoms with Crippen molar-refractivity contribution >= 4 is 17.6 Å². The third-order valence-corrected chi connectivity index (χ3v) is 3.37. The monoisotopic (exact) mass is 264 g/mol. The lowest BCUT2D eigenvalue weighted by molar-refractivity contribution is -0.141. The molecule has 2 rings (SSSR count). The van der Waals surface area contributed by atoms with E-state index < -0.39 is 11.9 Å². The van der Waals surface area contributed by atoms with Crippen LogP contribution in [0.4, 0.5) is 5.69 Å². The summed E-state index contributed by atoms with van der Waals surface area (Å²) in [7, 11) is 1.52. The molecule has 19 heavy (non-hydrogen) atoms. The molecule has 102 valence electrons. The Morgan fingerprint density at radius 2 is 2.11 bits per heavy atom. The van der Waals surface area contributed by atoms with Gasteiger partial charge in [-0.1, -0.05) is 0 Å². The molecule has 0 saturated heterocycles. The van der Waals surface area contributed by atoms with Gasteiger partial charge in [-0.25, -0.2) is 4.98 Å². The number of ether oxygens (including phenoxy) is 1. The molecule has 1 aromatic heterocycles. The maximum Gasteiger partial charge on any atom is 0.306 e. The zero-order valence-corrected chi connectivity index (χ0v) is 10.6. The number of nitrogens with zero attached hydrogens (tertiary/aromatic N) is 1. The summed E-state index contributed by atoms with van der Waals surface area (Å²) in [5, 5.41) is 11.6. The number of hydrogen-bond donors (Lipinski definition) is 2. The number of methoxy groups -OCH3 is 1. The Hall–Kier alpha value is -2.11. The predicted octanol–water partition coefficient (Wildman–Crippen LogP) is 1.53. The van der Waals surface area contributed by atoms with Crippen molar-refractivity contribution in [3.8, 4) is 5.88 Å². The predicted molar refractivity (Wildman–Crippen MR) is 67.9 cm³/mol. The lowest BCUT2D eigenvalue weighted by Crippen LogP contribution is -2.21. The van der Waals surface area contributed by atoms with Crippen LogP contribution in [-0.4, -0.2) is 29.1 Å². The molecule has 0 radical (unpaired) electrons. The summed E-state index contributed by atoms with van der Waals surface area (Å²) in [5.41, 5.74) is 0.588. The van der Waals surface area contributed by atoms with E-state index in [1.807, 2.05) is 0 Å². The third kappa shape index (κ3) is 3.21. The molecule has 1 heterocycles. The van der Waals surface area contributed by atoms with Crippen molar-refractivity contribution in [2.45, 2.75) is 19.3 Å². The lowest BCUT2D eigenvalue weighted by atomic mass is 10.0.